The van der Waals surface area contributed by atoms with Crippen LogP contribution in [0.1, 0.15) is 11.1 Å². The summed E-state index contributed by atoms with van der Waals surface area (Å²) in [5.74, 6) is -0.0980. The molecule has 11 heteroatoms. The number of amides is 1. The summed E-state index contributed by atoms with van der Waals surface area (Å²) in [5, 5.41) is 2.43. The molecule has 0 aromatic heterocycles. The minimum absolute atomic E-state index is 0.120. The molecule has 0 atom stereocenters. The standard InChI is InChI=1S/C19H21F3N2O5S/c1-28-15-7-8-16(17(10-15)29-2)24(30(3,26)27)12-18(25)23-11-13-5-4-6-14(9-13)19(20,21)22/h4-10H,11-12H2,1-3H3,(H,23,25). The topological polar surface area (TPSA) is 84.9 Å². The highest BCUT2D eigenvalue weighted by Crippen LogP contribution is 2.33. The zero-order valence-electron chi connectivity index (χ0n) is 16.5. The Kier molecular flexibility index (Phi) is 7.19. The van der Waals surface area contributed by atoms with Crippen LogP contribution < -0.4 is 19.1 Å². The molecule has 30 heavy (non-hydrogen) atoms. The molecule has 0 saturated carbocycles. The van der Waals surface area contributed by atoms with Crippen molar-refractivity contribution in [2.75, 3.05) is 31.3 Å². The first-order chi connectivity index (χ1) is 14.0. The number of benzene rings is 2. The van der Waals surface area contributed by atoms with E-state index in [0.717, 1.165) is 22.7 Å². The van der Waals surface area contributed by atoms with E-state index in [1.165, 1.54) is 44.6 Å². The summed E-state index contributed by atoms with van der Waals surface area (Å²) in [6.07, 6.45) is -3.57. The van der Waals surface area contributed by atoms with Gasteiger partial charge in [0.2, 0.25) is 15.9 Å². The van der Waals surface area contributed by atoms with Gasteiger partial charge in [0.05, 0.1) is 31.7 Å². The van der Waals surface area contributed by atoms with E-state index < -0.39 is 34.2 Å². The van der Waals surface area contributed by atoms with Gasteiger partial charge in [0, 0.05) is 12.6 Å². The van der Waals surface area contributed by atoms with Crippen molar-refractivity contribution in [3.63, 3.8) is 0 Å². The number of nitrogens with one attached hydrogen (secondary N) is 1. The van der Waals surface area contributed by atoms with Crippen molar-refractivity contribution in [1.82, 2.24) is 5.32 Å². The van der Waals surface area contributed by atoms with Crippen LogP contribution in [0, 0.1) is 0 Å². The monoisotopic (exact) mass is 446 g/mol. The first kappa shape index (κ1) is 23.3. The number of hydrogen-bond donors (Lipinski definition) is 1. The molecule has 1 amide bonds. The number of carbonyl (C=O) groups excluding carboxylic acids is 1. The van der Waals surface area contributed by atoms with Gasteiger partial charge in [-0.25, -0.2) is 8.42 Å². The van der Waals surface area contributed by atoms with E-state index in [1.807, 2.05) is 0 Å². The van der Waals surface area contributed by atoms with Crippen LogP contribution in [0.15, 0.2) is 42.5 Å². The van der Waals surface area contributed by atoms with Crippen LogP contribution in [-0.2, 0) is 27.5 Å². The Morgan fingerprint density at radius 3 is 2.37 bits per heavy atom. The number of halogens is 3. The number of rotatable bonds is 8. The second kappa shape index (κ2) is 9.24. The highest BCUT2D eigenvalue weighted by molar-refractivity contribution is 7.92. The van der Waals surface area contributed by atoms with E-state index in [1.54, 1.807) is 0 Å². The average Bonchev–Trinajstić information content (AvgIpc) is 2.68. The SMILES string of the molecule is COc1ccc(N(CC(=O)NCc2cccc(C(F)(F)F)c2)S(C)(=O)=O)c(OC)c1. The van der Waals surface area contributed by atoms with Crippen LogP contribution in [-0.4, -0.2) is 41.3 Å². The van der Waals surface area contributed by atoms with Gasteiger partial charge in [-0.05, 0) is 29.8 Å². The van der Waals surface area contributed by atoms with Gasteiger partial charge in [-0.2, -0.15) is 13.2 Å². The maximum absolute atomic E-state index is 12.8. The number of nitrogens with zero attached hydrogens (tertiary/aromatic N) is 1. The molecule has 0 saturated heterocycles. The molecule has 2 rings (SSSR count). The van der Waals surface area contributed by atoms with Gasteiger partial charge in [0.1, 0.15) is 18.0 Å². The predicted molar refractivity (Wildman–Crippen MR) is 105 cm³/mol. The molecule has 0 aliphatic rings. The lowest BCUT2D eigenvalue weighted by Gasteiger charge is -2.24. The van der Waals surface area contributed by atoms with Gasteiger partial charge in [0.15, 0.2) is 0 Å². The lowest BCUT2D eigenvalue weighted by molar-refractivity contribution is -0.137. The molecular formula is C19H21F3N2O5S. The van der Waals surface area contributed by atoms with Gasteiger partial charge in [0.25, 0.3) is 0 Å². The van der Waals surface area contributed by atoms with Gasteiger partial charge >= 0.3 is 6.18 Å². The third-order valence-electron chi connectivity index (χ3n) is 4.09. The Labute approximate surface area is 172 Å². The smallest absolute Gasteiger partial charge is 0.416 e. The maximum atomic E-state index is 12.8. The van der Waals surface area contributed by atoms with Gasteiger partial charge in [-0.1, -0.05) is 12.1 Å². The predicted octanol–water partition coefficient (Wildman–Crippen LogP) is 2.81. The fraction of sp³-hybridized carbons (Fsp3) is 0.316. The Bertz CT molecular complexity index is 1010. The molecule has 0 bridgehead atoms. The summed E-state index contributed by atoms with van der Waals surface area (Å²) >= 11 is 0. The normalized spacial score (nSPS) is 11.7. The Morgan fingerprint density at radius 1 is 1.10 bits per heavy atom. The van der Waals surface area contributed by atoms with Crippen LogP contribution in [0.5, 0.6) is 11.5 Å². The Balaban J connectivity index is 2.18. The van der Waals surface area contributed by atoms with Crippen LogP contribution in [0.2, 0.25) is 0 Å². The van der Waals surface area contributed by atoms with Crippen molar-refractivity contribution in [2.24, 2.45) is 0 Å². The van der Waals surface area contributed by atoms with Crippen molar-refractivity contribution in [3.8, 4) is 11.5 Å². The quantitative estimate of drug-likeness (QED) is 0.674. The van der Waals surface area contributed by atoms with Crippen LogP contribution >= 0.6 is 0 Å². The fourth-order valence-corrected chi connectivity index (χ4v) is 3.48. The van der Waals surface area contributed by atoms with Gasteiger partial charge < -0.3 is 14.8 Å². The van der Waals surface area contributed by atoms with E-state index in [-0.39, 0.29) is 23.5 Å². The number of anilines is 1. The number of sulfonamides is 1. The first-order valence-corrected chi connectivity index (χ1v) is 10.4. The summed E-state index contributed by atoms with van der Waals surface area (Å²) in [6.45, 7) is -0.777. The average molecular weight is 446 g/mol. The van der Waals surface area contributed by atoms with E-state index in [2.05, 4.69) is 5.32 Å². The van der Waals surface area contributed by atoms with E-state index in [4.69, 9.17) is 9.47 Å². The number of methoxy groups -OCH3 is 2. The Morgan fingerprint density at radius 2 is 1.80 bits per heavy atom. The fourth-order valence-electron chi connectivity index (χ4n) is 2.62. The lowest BCUT2D eigenvalue weighted by atomic mass is 10.1. The molecule has 0 heterocycles. The molecule has 1 N–H and O–H groups in total. The second-order valence-corrected chi connectivity index (χ2v) is 8.19. The van der Waals surface area contributed by atoms with Crippen molar-refractivity contribution < 1.29 is 35.9 Å². The number of carbonyl (C=O) groups is 1. The van der Waals surface area contributed by atoms with E-state index in [9.17, 15) is 26.4 Å². The number of ether oxygens (including phenoxy) is 2. The highest BCUT2D eigenvalue weighted by Gasteiger charge is 2.30. The maximum Gasteiger partial charge on any atom is 0.416 e. The van der Waals surface area contributed by atoms with E-state index >= 15 is 0 Å². The van der Waals surface area contributed by atoms with Crippen LogP contribution in [0.25, 0.3) is 0 Å². The highest BCUT2D eigenvalue weighted by atomic mass is 32.2. The summed E-state index contributed by atoms with van der Waals surface area (Å²) < 4.78 is 74.0. The first-order valence-electron chi connectivity index (χ1n) is 8.58. The molecule has 2 aromatic carbocycles. The second-order valence-electron chi connectivity index (χ2n) is 6.28. The third kappa shape index (κ3) is 6.02. The molecule has 164 valence electrons. The molecule has 2 aromatic rings. The zero-order chi connectivity index (χ0) is 22.5. The summed E-state index contributed by atoms with van der Waals surface area (Å²) in [5.41, 5.74) is -0.490. The van der Waals surface area contributed by atoms with Gasteiger partial charge in [-0.15, -0.1) is 0 Å². The van der Waals surface area contributed by atoms with Crippen molar-refractivity contribution in [1.29, 1.82) is 0 Å². The zero-order valence-corrected chi connectivity index (χ0v) is 17.3. The van der Waals surface area contributed by atoms with Gasteiger partial charge in [-0.3, -0.25) is 9.10 Å². The number of hydrogen-bond acceptors (Lipinski definition) is 5. The summed E-state index contributed by atoms with van der Waals surface area (Å²) in [4.78, 5) is 12.3. The molecular weight excluding hydrogens is 425 g/mol. The van der Waals surface area contributed by atoms with Crippen LogP contribution in [0.3, 0.4) is 0 Å². The third-order valence-corrected chi connectivity index (χ3v) is 5.21. The number of alkyl halides is 3. The lowest BCUT2D eigenvalue weighted by Crippen LogP contribution is -2.40. The molecule has 0 spiro atoms. The van der Waals surface area contributed by atoms with Crippen molar-refractivity contribution in [2.45, 2.75) is 12.7 Å². The molecule has 0 unspecified atom stereocenters. The minimum atomic E-state index is -4.50. The molecule has 7 nitrogen and oxygen atoms in total. The largest absolute Gasteiger partial charge is 0.497 e. The molecule has 0 aliphatic carbocycles. The van der Waals surface area contributed by atoms with E-state index in [0.29, 0.717) is 5.75 Å². The van der Waals surface area contributed by atoms with Crippen molar-refractivity contribution in [3.05, 3.63) is 53.6 Å². The van der Waals surface area contributed by atoms with Crippen LogP contribution in [0.4, 0.5) is 18.9 Å². The molecule has 0 fully saturated rings. The molecule has 0 aliphatic heterocycles. The Hall–Kier alpha value is -2.95. The summed E-state index contributed by atoms with van der Waals surface area (Å²) in [6, 6.07) is 8.91. The minimum Gasteiger partial charge on any atom is -0.497 e. The van der Waals surface area contributed by atoms with Crippen molar-refractivity contribution >= 4 is 21.6 Å². The molecule has 0 radical (unpaired) electrons. The summed E-state index contributed by atoms with van der Waals surface area (Å²) in [7, 11) is -1.10.